The molecule has 0 saturated carbocycles. The summed E-state index contributed by atoms with van der Waals surface area (Å²) in [6.07, 6.45) is 0. The number of ether oxygens (including phenoxy) is 1. The van der Waals surface area contributed by atoms with E-state index < -0.39 is 29.7 Å². The predicted molar refractivity (Wildman–Crippen MR) is 109 cm³/mol. The molecule has 30 heavy (non-hydrogen) atoms. The first-order chi connectivity index (χ1) is 14.5. The molecule has 6 heteroatoms. The number of carbonyl (C=O) groups excluding carboxylic acids is 1. The Kier molecular flexibility index (Phi) is 5.33. The molecule has 0 aliphatic heterocycles. The van der Waals surface area contributed by atoms with Crippen molar-refractivity contribution in [1.82, 2.24) is 0 Å². The molecule has 3 aromatic rings. The first kappa shape index (κ1) is 19.8. The number of rotatable bonds is 6. The van der Waals surface area contributed by atoms with Crippen LogP contribution in [-0.4, -0.2) is 23.7 Å². The lowest BCUT2D eigenvalue weighted by molar-refractivity contribution is -0.160. The summed E-state index contributed by atoms with van der Waals surface area (Å²) in [4.78, 5) is 24.5. The third-order valence-electron chi connectivity index (χ3n) is 5.49. The lowest BCUT2D eigenvalue weighted by Gasteiger charge is -2.21. The van der Waals surface area contributed by atoms with Crippen LogP contribution in [0.3, 0.4) is 0 Å². The normalized spacial score (nSPS) is 14.5. The molecule has 2 atom stereocenters. The van der Waals surface area contributed by atoms with Crippen LogP contribution in [-0.2, 0) is 14.3 Å². The van der Waals surface area contributed by atoms with Gasteiger partial charge in [0.25, 0.3) is 0 Å². The highest BCUT2D eigenvalue weighted by Crippen LogP contribution is 2.44. The quantitative estimate of drug-likeness (QED) is 0.480. The van der Waals surface area contributed by atoms with Crippen LogP contribution in [0, 0.1) is 11.7 Å². The molecule has 0 aromatic heterocycles. The third-order valence-corrected chi connectivity index (χ3v) is 5.49. The summed E-state index contributed by atoms with van der Waals surface area (Å²) in [6, 6.07) is 19.7. The first-order valence-corrected chi connectivity index (χ1v) is 9.56. The Morgan fingerprint density at radius 1 is 0.933 bits per heavy atom. The number of esters is 1. The van der Waals surface area contributed by atoms with Crippen molar-refractivity contribution in [2.24, 2.45) is 11.7 Å². The van der Waals surface area contributed by atoms with Crippen LogP contribution in [0.25, 0.3) is 11.1 Å². The standard InChI is InChI=1S/C24H20FNO4/c25-15-11-9-14(10-12-15)22(26)21(23(27)28)24(29)30-13-20-18-7-3-1-5-16(18)17-6-2-4-8-19(17)20/h1-12,20-22H,13,26H2,(H,27,28)/t21-,22?/m0/s1. The van der Waals surface area contributed by atoms with E-state index in [2.05, 4.69) is 0 Å². The van der Waals surface area contributed by atoms with E-state index >= 15 is 0 Å². The smallest absolute Gasteiger partial charge is 0.322 e. The Morgan fingerprint density at radius 2 is 1.47 bits per heavy atom. The molecule has 1 aliphatic carbocycles. The molecule has 0 heterocycles. The Morgan fingerprint density at radius 3 is 2.00 bits per heavy atom. The van der Waals surface area contributed by atoms with E-state index in [1.165, 1.54) is 24.3 Å². The minimum absolute atomic E-state index is 0.00672. The van der Waals surface area contributed by atoms with Gasteiger partial charge in [-0.3, -0.25) is 9.59 Å². The minimum Gasteiger partial charge on any atom is -0.481 e. The van der Waals surface area contributed by atoms with Crippen molar-refractivity contribution < 1.29 is 23.8 Å². The van der Waals surface area contributed by atoms with Gasteiger partial charge in [-0.05, 0) is 39.9 Å². The van der Waals surface area contributed by atoms with Crippen LogP contribution in [0.5, 0.6) is 0 Å². The molecule has 0 spiro atoms. The molecule has 152 valence electrons. The Labute approximate surface area is 172 Å². The van der Waals surface area contributed by atoms with Gasteiger partial charge in [0, 0.05) is 5.92 Å². The summed E-state index contributed by atoms with van der Waals surface area (Å²) in [5.41, 5.74) is 10.6. The molecular formula is C24H20FNO4. The van der Waals surface area contributed by atoms with E-state index in [0.717, 1.165) is 22.3 Å². The SMILES string of the molecule is NC(c1ccc(F)cc1)[C@@H](C(=O)O)C(=O)OCC1c2ccccc2-c2ccccc21. The van der Waals surface area contributed by atoms with Crippen molar-refractivity contribution in [1.29, 1.82) is 0 Å². The largest absolute Gasteiger partial charge is 0.481 e. The van der Waals surface area contributed by atoms with E-state index in [4.69, 9.17) is 10.5 Å². The van der Waals surface area contributed by atoms with Gasteiger partial charge in [-0.1, -0.05) is 60.7 Å². The molecule has 0 saturated heterocycles. The van der Waals surface area contributed by atoms with Crippen LogP contribution in [0.4, 0.5) is 4.39 Å². The van der Waals surface area contributed by atoms with Crippen molar-refractivity contribution in [3.8, 4) is 11.1 Å². The zero-order valence-corrected chi connectivity index (χ0v) is 16.0. The third kappa shape index (κ3) is 3.57. The van der Waals surface area contributed by atoms with E-state index in [9.17, 15) is 19.1 Å². The summed E-state index contributed by atoms with van der Waals surface area (Å²) >= 11 is 0. The molecular weight excluding hydrogens is 385 g/mol. The first-order valence-electron chi connectivity index (χ1n) is 9.56. The van der Waals surface area contributed by atoms with Gasteiger partial charge in [0.2, 0.25) is 0 Å². The highest BCUT2D eigenvalue weighted by atomic mass is 19.1. The van der Waals surface area contributed by atoms with Crippen molar-refractivity contribution in [3.05, 3.63) is 95.3 Å². The summed E-state index contributed by atoms with van der Waals surface area (Å²) < 4.78 is 18.6. The van der Waals surface area contributed by atoms with Gasteiger partial charge in [0.15, 0.2) is 5.92 Å². The minimum atomic E-state index is -1.60. The van der Waals surface area contributed by atoms with Crippen LogP contribution < -0.4 is 5.73 Å². The number of carbonyl (C=O) groups is 2. The van der Waals surface area contributed by atoms with E-state index in [0.29, 0.717) is 5.56 Å². The maximum absolute atomic E-state index is 13.2. The van der Waals surface area contributed by atoms with Crippen molar-refractivity contribution in [3.63, 3.8) is 0 Å². The number of carboxylic acids is 1. The average Bonchev–Trinajstić information content (AvgIpc) is 3.06. The summed E-state index contributed by atoms with van der Waals surface area (Å²) in [6.45, 7) is 0.00672. The Bertz CT molecular complexity index is 1050. The number of benzene rings is 3. The van der Waals surface area contributed by atoms with Gasteiger partial charge in [0.05, 0.1) is 6.04 Å². The summed E-state index contributed by atoms with van der Waals surface area (Å²) in [7, 11) is 0. The molecule has 5 nitrogen and oxygen atoms in total. The molecule has 0 amide bonds. The number of aliphatic carboxylic acids is 1. The fraction of sp³-hybridized carbons (Fsp3) is 0.167. The van der Waals surface area contributed by atoms with E-state index in [-0.39, 0.29) is 12.5 Å². The molecule has 4 rings (SSSR count). The molecule has 1 unspecified atom stereocenters. The van der Waals surface area contributed by atoms with Crippen molar-refractivity contribution >= 4 is 11.9 Å². The maximum atomic E-state index is 13.2. The fourth-order valence-corrected chi connectivity index (χ4v) is 3.97. The molecule has 1 aliphatic rings. The highest BCUT2D eigenvalue weighted by molar-refractivity contribution is 5.95. The van der Waals surface area contributed by atoms with Crippen molar-refractivity contribution in [2.45, 2.75) is 12.0 Å². The van der Waals surface area contributed by atoms with Crippen LogP contribution in [0.1, 0.15) is 28.7 Å². The summed E-state index contributed by atoms with van der Waals surface area (Å²) in [5.74, 6) is -4.55. The number of fused-ring (bicyclic) bond motifs is 3. The predicted octanol–water partition coefficient (Wildman–Crippen LogP) is 3.88. The van der Waals surface area contributed by atoms with Crippen LogP contribution in [0.2, 0.25) is 0 Å². The summed E-state index contributed by atoms with van der Waals surface area (Å²) in [5, 5.41) is 9.58. The molecule has 3 aromatic carbocycles. The van der Waals surface area contributed by atoms with E-state index in [1.54, 1.807) is 0 Å². The number of hydrogen-bond donors (Lipinski definition) is 2. The van der Waals surface area contributed by atoms with Crippen LogP contribution >= 0.6 is 0 Å². The van der Waals surface area contributed by atoms with Gasteiger partial charge in [0.1, 0.15) is 12.4 Å². The van der Waals surface area contributed by atoms with E-state index in [1.807, 2.05) is 48.5 Å². The average molecular weight is 405 g/mol. The van der Waals surface area contributed by atoms with Gasteiger partial charge < -0.3 is 15.6 Å². The zero-order chi connectivity index (χ0) is 21.3. The number of nitrogens with two attached hydrogens (primary N) is 1. The van der Waals surface area contributed by atoms with Gasteiger partial charge in [-0.25, -0.2) is 4.39 Å². The topological polar surface area (TPSA) is 89.6 Å². The second-order valence-electron chi connectivity index (χ2n) is 7.25. The fourth-order valence-electron chi connectivity index (χ4n) is 3.97. The molecule has 0 radical (unpaired) electrons. The van der Waals surface area contributed by atoms with Gasteiger partial charge in [-0.2, -0.15) is 0 Å². The number of carboxylic acid groups (broad SMARTS) is 1. The van der Waals surface area contributed by atoms with Gasteiger partial charge in [-0.15, -0.1) is 0 Å². The molecule has 3 N–H and O–H groups in total. The second-order valence-corrected chi connectivity index (χ2v) is 7.25. The zero-order valence-electron chi connectivity index (χ0n) is 16.0. The Balaban J connectivity index is 1.54. The monoisotopic (exact) mass is 405 g/mol. The lowest BCUT2D eigenvalue weighted by atomic mass is 9.93. The van der Waals surface area contributed by atoms with Crippen molar-refractivity contribution in [2.75, 3.05) is 6.61 Å². The number of hydrogen-bond acceptors (Lipinski definition) is 4. The molecule has 0 bridgehead atoms. The highest BCUT2D eigenvalue weighted by Gasteiger charge is 2.37. The van der Waals surface area contributed by atoms with Crippen LogP contribution in [0.15, 0.2) is 72.8 Å². The second kappa shape index (κ2) is 8.08. The molecule has 0 fully saturated rings. The Hall–Kier alpha value is -3.51. The lowest BCUT2D eigenvalue weighted by Crippen LogP contribution is -2.36. The van der Waals surface area contributed by atoms with Gasteiger partial charge >= 0.3 is 11.9 Å². The number of halogens is 1. The maximum Gasteiger partial charge on any atom is 0.322 e.